The van der Waals surface area contributed by atoms with Crippen molar-refractivity contribution < 1.29 is 22.7 Å². The predicted octanol–water partition coefficient (Wildman–Crippen LogP) is 2.45. The number of esters is 1. The third-order valence-corrected chi connectivity index (χ3v) is 8.63. The van der Waals surface area contributed by atoms with Crippen molar-refractivity contribution >= 4 is 33.2 Å². The van der Waals surface area contributed by atoms with Crippen molar-refractivity contribution in [1.29, 1.82) is 0 Å². The second kappa shape index (κ2) is 6.86. The van der Waals surface area contributed by atoms with E-state index < -0.39 is 16.0 Å². The molecule has 0 unspecified atom stereocenters. The van der Waals surface area contributed by atoms with Gasteiger partial charge >= 0.3 is 5.97 Å². The Morgan fingerprint density at radius 1 is 1.19 bits per heavy atom. The van der Waals surface area contributed by atoms with Gasteiger partial charge in [0.05, 0.1) is 7.11 Å². The summed E-state index contributed by atoms with van der Waals surface area (Å²) in [4.78, 5) is 26.1. The van der Waals surface area contributed by atoms with Gasteiger partial charge in [0, 0.05) is 6.42 Å². The molecule has 0 radical (unpaired) electrons. The van der Waals surface area contributed by atoms with Crippen LogP contribution in [0.2, 0.25) is 0 Å². The van der Waals surface area contributed by atoms with Gasteiger partial charge < -0.3 is 4.74 Å². The van der Waals surface area contributed by atoms with Crippen LogP contribution in [0.5, 0.6) is 0 Å². The van der Waals surface area contributed by atoms with E-state index in [0.29, 0.717) is 6.42 Å². The van der Waals surface area contributed by atoms with Gasteiger partial charge in [0.2, 0.25) is 5.91 Å². The Hall–Kier alpha value is -1.45. The van der Waals surface area contributed by atoms with Crippen LogP contribution >= 0.6 is 11.3 Å². The van der Waals surface area contributed by atoms with Crippen LogP contribution in [0.1, 0.15) is 54.6 Å². The van der Waals surface area contributed by atoms with Crippen LogP contribution in [0.25, 0.3) is 0 Å². The molecule has 148 valence electrons. The molecule has 1 aromatic heterocycles. The summed E-state index contributed by atoms with van der Waals surface area (Å²) in [5, 5.41) is 1.50. The number of hydrazine groups is 1. The lowest BCUT2D eigenvalue weighted by molar-refractivity contribution is -0.129. The molecule has 27 heavy (non-hydrogen) atoms. The van der Waals surface area contributed by atoms with Gasteiger partial charge in [-0.1, -0.05) is 0 Å². The molecule has 4 aliphatic rings. The van der Waals surface area contributed by atoms with Crippen LogP contribution < -0.4 is 10.3 Å². The summed E-state index contributed by atoms with van der Waals surface area (Å²) in [6.07, 6.45) is 7.47. The molecule has 4 bridgehead atoms. The highest BCUT2D eigenvalue weighted by molar-refractivity contribution is 7.89. The highest BCUT2D eigenvalue weighted by Crippen LogP contribution is 2.61. The van der Waals surface area contributed by atoms with Crippen LogP contribution in [0, 0.1) is 23.2 Å². The fraction of sp³-hybridized carbons (Fsp3) is 0.667. The maximum Gasteiger partial charge on any atom is 0.349 e. The first-order chi connectivity index (χ1) is 12.8. The minimum absolute atomic E-state index is 0.0136. The number of hydrogen-bond donors (Lipinski definition) is 2. The van der Waals surface area contributed by atoms with Gasteiger partial charge in [-0.15, -0.1) is 16.2 Å². The number of methoxy groups -OCH3 is 1. The lowest BCUT2D eigenvalue weighted by Crippen LogP contribution is -2.50. The van der Waals surface area contributed by atoms with E-state index in [2.05, 4.69) is 15.0 Å². The third kappa shape index (κ3) is 3.64. The number of thiophene rings is 1. The SMILES string of the molecule is COC(=O)c1sccc1S(=O)(=O)NNC(=O)CC12CC3CC(CC(C3)C1)C2. The molecule has 4 aliphatic carbocycles. The molecule has 4 saturated carbocycles. The summed E-state index contributed by atoms with van der Waals surface area (Å²) in [7, 11) is -2.84. The van der Waals surface area contributed by atoms with Crippen molar-refractivity contribution in [2.24, 2.45) is 23.2 Å². The van der Waals surface area contributed by atoms with Gasteiger partial charge in [0.15, 0.2) is 0 Å². The molecule has 7 nitrogen and oxygen atoms in total. The topological polar surface area (TPSA) is 102 Å². The van der Waals surface area contributed by atoms with Gasteiger partial charge in [-0.2, -0.15) is 0 Å². The normalized spacial score (nSPS) is 31.7. The third-order valence-electron chi connectivity index (χ3n) is 6.31. The average Bonchev–Trinajstić information content (AvgIpc) is 3.08. The largest absolute Gasteiger partial charge is 0.465 e. The molecule has 5 rings (SSSR count). The highest BCUT2D eigenvalue weighted by Gasteiger charge is 2.51. The molecule has 1 aromatic rings. The molecular formula is C18H24N2O5S2. The molecule has 9 heteroatoms. The Labute approximate surface area is 162 Å². The number of ether oxygens (including phenoxy) is 1. The van der Waals surface area contributed by atoms with E-state index in [4.69, 9.17) is 0 Å². The van der Waals surface area contributed by atoms with Gasteiger partial charge in [-0.3, -0.25) is 10.2 Å². The van der Waals surface area contributed by atoms with E-state index in [0.717, 1.165) is 48.4 Å². The van der Waals surface area contributed by atoms with Crippen LogP contribution in [-0.2, 0) is 19.6 Å². The van der Waals surface area contributed by atoms with Crippen molar-refractivity contribution in [3.63, 3.8) is 0 Å². The molecule has 1 amide bonds. The lowest BCUT2D eigenvalue weighted by Gasteiger charge is -2.56. The maximum atomic E-state index is 12.5. The summed E-state index contributed by atoms with van der Waals surface area (Å²) >= 11 is 0.981. The van der Waals surface area contributed by atoms with Crippen LogP contribution in [0.15, 0.2) is 16.3 Å². The Kier molecular flexibility index (Phi) is 4.80. The number of rotatable bonds is 6. The fourth-order valence-corrected chi connectivity index (χ4v) is 8.02. The molecule has 0 spiro atoms. The van der Waals surface area contributed by atoms with E-state index in [-0.39, 0.29) is 21.1 Å². The minimum atomic E-state index is -4.04. The van der Waals surface area contributed by atoms with Gasteiger partial charge in [0.25, 0.3) is 10.0 Å². The molecular weight excluding hydrogens is 388 g/mol. The zero-order chi connectivity index (χ0) is 19.2. The Morgan fingerprint density at radius 3 is 2.33 bits per heavy atom. The van der Waals surface area contributed by atoms with Gasteiger partial charge in [-0.25, -0.2) is 13.2 Å². The van der Waals surface area contributed by atoms with Crippen molar-refractivity contribution in [2.75, 3.05) is 7.11 Å². The standard InChI is InChI=1S/C18H24N2O5S2/c1-25-17(22)16-14(2-3-26-16)27(23,24)20-19-15(21)10-18-7-11-4-12(8-18)6-13(5-11)9-18/h2-3,11-13,20H,4-10H2,1H3,(H,19,21). The van der Waals surface area contributed by atoms with Crippen LogP contribution in [0.3, 0.4) is 0 Å². The number of sulfonamides is 1. The zero-order valence-electron chi connectivity index (χ0n) is 15.2. The van der Waals surface area contributed by atoms with Crippen LogP contribution in [-0.4, -0.2) is 27.4 Å². The quantitative estimate of drug-likeness (QED) is 0.552. The predicted molar refractivity (Wildman–Crippen MR) is 99.3 cm³/mol. The van der Waals surface area contributed by atoms with E-state index in [1.54, 1.807) is 0 Å². The Morgan fingerprint density at radius 2 is 1.78 bits per heavy atom. The number of nitrogens with one attached hydrogen (secondary N) is 2. The smallest absolute Gasteiger partial charge is 0.349 e. The highest BCUT2D eigenvalue weighted by atomic mass is 32.2. The molecule has 0 atom stereocenters. The maximum absolute atomic E-state index is 12.5. The van der Waals surface area contributed by atoms with Crippen molar-refractivity contribution in [3.8, 4) is 0 Å². The number of hydrogen-bond acceptors (Lipinski definition) is 6. The molecule has 0 aromatic carbocycles. The Balaban J connectivity index is 1.39. The van der Waals surface area contributed by atoms with Crippen molar-refractivity contribution in [1.82, 2.24) is 10.3 Å². The van der Waals surface area contributed by atoms with E-state index >= 15 is 0 Å². The van der Waals surface area contributed by atoms with Crippen molar-refractivity contribution in [2.45, 2.75) is 49.8 Å². The average molecular weight is 413 g/mol. The van der Waals surface area contributed by atoms with Gasteiger partial charge in [0.1, 0.15) is 9.77 Å². The molecule has 0 saturated heterocycles. The lowest BCUT2D eigenvalue weighted by atomic mass is 9.49. The fourth-order valence-electron chi connectivity index (χ4n) is 5.82. The number of carbonyl (C=O) groups excluding carboxylic acids is 2. The van der Waals surface area contributed by atoms with E-state index in [1.165, 1.54) is 37.8 Å². The molecule has 2 N–H and O–H groups in total. The summed E-state index contributed by atoms with van der Waals surface area (Å²) in [5.41, 5.74) is 2.38. The summed E-state index contributed by atoms with van der Waals surface area (Å²) in [6.45, 7) is 0. The molecule has 4 fully saturated rings. The zero-order valence-corrected chi connectivity index (χ0v) is 16.8. The summed E-state index contributed by atoms with van der Waals surface area (Å²) < 4.78 is 29.6. The Bertz CT molecular complexity index is 826. The van der Waals surface area contributed by atoms with Crippen LogP contribution in [0.4, 0.5) is 0 Å². The number of carbonyl (C=O) groups is 2. The van der Waals surface area contributed by atoms with E-state index in [9.17, 15) is 18.0 Å². The molecule has 1 heterocycles. The number of amides is 1. The van der Waals surface area contributed by atoms with E-state index in [1.807, 2.05) is 0 Å². The first-order valence-corrected chi connectivity index (χ1v) is 11.6. The summed E-state index contributed by atoms with van der Waals surface area (Å²) in [5.74, 6) is 1.16. The van der Waals surface area contributed by atoms with Crippen molar-refractivity contribution in [3.05, 3.63) is 16.3 Å². The second-order valence-corrected chi connectivity index (χ2v) is 10.9. The summed E-state index contributed by atoms with van der Waals surface area (Å²) in [6, 6.07) is 1.32. The second-order valence-electron chi connectivity index (χ2n) is 8.35. The molecule has 0 aliphatic heterocycles. The first-order valence-electron chi connectivity index (χ1n) is 9.27. The monoisotopic (exact) mass is 412 g/mol. The minimum Gasteiger partial charge on any atom is -0.465 e. The van der Waals surface area contributed by atoms with Gasteiger partial charge in [-0.05, 0) is 73.1 Å². The first kappa shape index (κ1) is 18.9.